The van der Waals surface area contributed by atoms with E-state index in [9.17, 15) is 14.4 Å². The van der Waals surface area contributed by atoms with E-state index in [-0.39, 0.29) is 24.3 Å². The first-order valence-corrected chi connectivity index (χ1v) is 11.3. The Kier molecular flexibility index (Phi) is 8.80. The Hall–Kier alpha value is -4.13. The molecule has 0 heterocycles. The number of ether oxygens (including phenoxy) is 1. The average molecular weight is 460 g/mol. The highest BCUT2D eigenvalue weighted by Crippen LogP contribution is 2.19. The van der Waals surface area contributed by atoms with Gasteiger partial charge in [-0.15, -0.1) is 0 Å². The molecule has 0 unspecified atom stereocenters. The average Bonchev–Trinajstić information content (AvgIpc) is 2.87. The maximum Gasteiger partial charge on any atom is 0.338 e. The van der Waals surface area contributed by atoms with E-state index in [1.54, 1.807) is 53.4 Å². The molecule has 7 nitrogen and oxygen atoms in total. The van der Waals surface area contributed by atoms with Crippen molar-refractivity contribution >= 4 is 34.8 Å². The van der Waals surface area contributed by atoms with Gasteiger partial charge in [0.05, 0.1) is 18.7 Å². The van der Waals surface area contributed by atoms with E-state index < -0.39 is 0 Å². The molecule has 3 aromatic rings. The number of anilines is 3. The minimum atomic E-state index is -0.366. The van der Waals surface area contributed by atoms with Gasteiger partial charge in [-0.1, -0.05) is 31.2 Å². The lowest BCUT2D eigenvalue weighted by atomic mass is 10.1. The van der Waals surface area contributed by atoms with Gasteiger partial charge in [-0.3, -0.25) is 9.59 Å². The van der Waals surface area contributed by atoms with Crippen LogP contribution in [0.5, 0.6) is 0 Å². The summed E-state index contributed by atoms with van der Waals surface area (Å²) in [4.78, 5) is 39.0. The predicted octanol–water partition coefficient (Wildman–Crippen LogP) is 4.97. The van der Waals surface area contributed by atoms with Gasteiger partial charge < -0.3 is 20.3 Å². The summed E-state index contributed by atoms with van der Waals surface area (Å²) in [5.41, 5.74) is 3.00. The number of nitrogens with zero attached hydrogens (tertiary/aromatic N) is 1. The second-order valence-corrected chi connectivity index (χ2v) is 7.58. The lowest BCUT2D eigenvalue weighted by molar-refractivity contribution is -0.114. The second kappa shape index (κ2) is 12.2. The highest BCUT2D eigenvalue weighted by atomic mass is 16.5. The molecule has 34 heavy (non-hydrogen) atoms. The van der Waals surface area contributed by atoms with Gasteiger partial charge in [0.2, 0.25) is 5.91 Å². The van der Waals surface area contributed by atoms with Crippen LogP contribution in [0.1, 0.15) is 41.0 Å². The molecule has 0 aliphatic rings. The van der Waals surface area contributed by atoms with Crippen molar-refractivity contribution in [1.29, 1.82) is 0 Å². The largest absolute Gasteiger partial charge is 0.462 e. The van der Waals surface area contributed by atoms with Gasteiger partial charge >= 0.3 is 5.97 Å². The number of carbonyl (C=O) groups is 3. The van der Waals surface area contributed by atoms with Crippen molar-refractivity contribution in [2.75, 3.05) is 35.2 Å². The Morgan fingerprint density at radius 1 is 0.824 bits per heavy atom. The van der Waals surface area contributed by atoms with E-state index >= 15 is 0 Å². The van der Waals surface area contributed by atoms with Crippen LogP contribution in [0.3, 0.4) is 0 Å². The summed E-state index contributed by atoms with van der Waals surface area (Å²) in [6, 6.07) is 23.1. The summed E-state index contributed by atoms with van der Waals surface area (Å²) in [5, 5.41) is 5.83. The Morgan fingerprint density at radius 3 is 2.24 bits per heavy atom. The lowest BCUT2D eigenvalue weighted by Crippen LogP contribution is -2.30. The molecule has 2 N–H and O–H groups in total. The number of esters is 1. The molecule has 0 bridgehead atoms. The monoisotopic (exact) mass is 459 g/mol. The molecule has 0 spiro atoms. The third kappa shape index (κ3) is 6.68. The summed E-state index contributed by atoms with van der Waals surface area (Å²) in [6.45, 7) is 4.79. The van der Waals surface area contributed by atoms with Crippen molar-refractivity contribution in [2.24, 2.45) is 0 Å². The molecular weight excluding hydrogens is 430 g/mol. The minimum absolute atomic E-state index is 0.0307. The van der Waals surface area contributed by atoms with Crippen LogP contribution in [0.4, 0.5) is 17.1 Å². The quantitative estimate of drug-likeness (QED) is 0.418. The number of amides is 2. The molecule has 0 radical (unpaired) electrons. The molecule has 176 valence electrons. The van der Waals surface area contributed by atoms with Crippen molar-refractivity contribution in [3.8, 4) is 0 Å². The number of carbonyl (C=O) groups excluding carboxylic acids is 3. The smallest absolute Gasteiger partial charge is 0.338 e. The molecule has 0 saturated carbocycles. The van der Waals surface area contributed by atoms with Gasteiger partial charge in [0, 0.05) is 29.2 Å². The van der Waals surface area contributed by atoms with Crippen molar-refractivity contribution in [1.82, 2.24) is 0 Å². The molecule has 0 aliphatic carbocycles. The van der Waals surface area contributed by atoms with Crippen LogP contribution >= 0.6 is 0 Å². The fourth-order valence-electron chi connectivity index (χ4n) is 3.33. The molecule has 0 fully saturated rings. The first-order chi connectivity index (χ1) is 16.5. The lowest BCUT2D eigenvalue weighted by Gasteiger charge is -2.21. The third-order valence-corrected chi connectivity index (χ3v) is 5.03. The molecule has 0 atom stereocenters. The van der Waals surface area contributed by atoms with Crippen molar-refractivity contribution in [3.63, 3.8) is 0 Å². The summed E-state index contributed by atoms with van der Waals surface area (Å²) >= 11 is 0. The number of hydrogen-bond acceptors (Lipinski definition) is 5. The topological polar surface area (TPSA) is 87.7 Å². The summed E-state index contributed by atoms with van der Waals surface area (Å²) < 4.78 is 5.10. The zero-order valence-corrected chi connectivity index (χ0v) is 19.4. The number of para-hydroxylation sites is 1. The molecule has 3 rings (SSSR count). The van der Waals surface area contributed by atoms with Crippen LogP contribution in [0.15, 0.2) is 78.9 Å². The predicted molar refractivity (Wildman–Crippen MR) is 134 cm³/mol. The summed E-state index contributed by atoms with van der Waals surface area (Å²) in [7, 11) is 0. The summed E-state index contributed by atoms with van der Waals surface area (Å²) in [5.74, 6) is -0.763. The molecule has 7 heteroatoms. The first-order valence-electron chi connectivity index (χ1n) is 11.3. The first kappa shape index (κ1) is 24.5. The molecule has 0 saturated heterocycles. The highest BCUT2D eigenvalue weighted by molar-refractivity contribution is 6.07. The summed E-state index contributed by atoms with van der Waals surface area (Å²) in [6.07, 6.45) is 0.765. The van der Waals surface area contributed by atoms with Gasteiger partial charge in [0.15, 0.2) is 0 Å². The second-order valence-electron chi connectivity index (χ2n) is 7.58. The SMILES string of the molecule is CCCOC(=O)c1ccc(NCC(=O)Nc2cccc(C(=O)N(CC)c3ccccc3)c2)cc1. The number of benzene rings is 3. The van der Waals surface area contributed by atoms with Crippen molar-refractivity contribution < 1.29 is 19.1 Å². The zero-order chi connectivity index (χ0) is 24.3. The maximum absolute atomic E-state index is 13.0. The van der Waals surface area contributed by atoms with Crippen LogP contribution in [0.2, 0.25) is 0 Å². The standard InChI is InChI=1S/C27H29N3O4/c1-3-17-34-27(33)20-13-15-22(16-14-20)28-19-25(31)29-23-10-8-9-21(18-23)26(32)30(4-2)24-11-6-5-7-12-24/h5-16,18,28H,3-4,17,19H2,1-2H3,(H,29,31). The van der Waals surface area contributed by atoms with Crippen LogP contribution < -0.4 is 15.5 Å². The molecular formula is C27H29N3O4. The van der Waals surface area contributed by atoms with E-state index in [0.29, 0.717) is 35.7 Å². The Morgan fingerprint density at radius 2 is 1.56 bits per heavy atom. The Bertz CT molecular complexity index is 1110. The van der Waals surface area contributed by atoms with Gasteiger partial charge in [0.25, 0.3) is 5.91 Å². The van der Waals surface area contributed by atoms with Crippen LogP contribution in [0.25, 0.3) is 0 Å². The maximum atomic E-state index is 13.0. The van der Waals surface area contributed by atoms with Gasteiger partial charge in [-0.05, 0) is 67.9 Å². The number of nitrogens with one attached hydrogen (secondary N) is 2. The Labute approximate surface area is 199 Å². The Balaban J connectivity index is 1.57. The fourth-order valence-corrected chi connectivity index (χ4v) is 3.33. The number of hydrogen-bond donors (Lipinski definition) is 2. The van der Waals surface area contributed by atoms with Gasteiger partial charge in [-0.25, -0.2) is 4.79 Å². The van der Waals surface area contributed by atoms with Gasteiger partial charge in [-0.2, -0.15) is 0 Å². The fraction of sp³-hybridized carbons (Fsp3) is 0.222. The van der Waals surface area contributed by atoms with E-state index in [4.69, 9.17) is 4.74 Å². The molecule has 0 aromatic heterocycles. The van der Waals surface area contributed by atoms with Crippen LogP contribution in [-0.2, 0) is 9.53 Å². The molecule has 2 amide bonds. The highest BCUT2D eigenvalue weighted by Gasteiger charge is 2.16. The molecule has 3 aromatic carbocycles. The zero-order valence-electron chi connectivity index (χ0n) is 19.4. The van der Waals surface area contributed by atoms with E-state index in [2.05, 4.69) is 10.6 Å². The molecule has 0 aliphatic heterocycles. The number of rotatable bonds is 10. The van der Waals surface area contributed by atoms with E-state index in [0.717, 1.165) is 12.1 Å². The van der Waals surface area contributed by atoms with Crippen molar-refractivity contribution in [2.45, 2.75) is 20.3 Å². The third-order valence-electron chi connectivity index (χ3n) is 5.03. The normalized spacial score (nSPS) is 10.3. The van der Waals surface area contributed by atoms with E-state index in [1.807, 2.05) is 44.2 Å². The minimum Gasteiger partial charge on any atom is -0.462 e. The van der Waals surface area contributed by atoms with Crippen molar-refractivity contribution in [3.05, 3.63) is 90.0 Å². The van der Waals surface area contributed by atoms with Crippen LogP contribution in [-0.4, -0.2) is 37.5 Å². The van der Waals surface area contributed by atoms with Gasteiger partial charge in [0.1, 0.15) is 0 Å². The van der Waals surface area contributed by atoms with Crippen LogP contribution in [0, 0.1) is 0 Å². The van der Waals surface area contributed by atoms with E-state index in [1.165, 1.54) is 0 Å².